The van der Waals surface area contributed by atoms with Crippen LogP contribution in [0, 0.1) is 20.8 Å². The Balaban J connectivity index is 0.000000328. The van der Waals surface area contributed by atoms with Gasteiger partial charge in [-0.3, -0.25) is 0 Å². The molecule has 3 aromatic rings. The van der Waals surface area contributed by atoms with Gasteiger partial charge in [-0.2, -0.15) is 65.9 Å². The summed E-state index contributed by atoms with van der Waals surface area (Å²) < 4.78 is 190. The molecule has 0 saturated heterocycles. The number of carbonyl (C=O) groups excluding carboxylic acids is 1. The fourth-order valence-corrected chi connectivity index (χ4v) is 3.53. The van der Waals surface area contributed by atoms with E-state index in [1.807, 2.05) is 0 Å². The summed E-state index contributed by atoms with van der Waals surface area (Å²) in [7, 11) is 0. The zero-order valence-corrected chi connectivity index (χ0v) is 23.8. The van der Waals surface area contributed by atoms with Crippen molar-refractivity contribution in [3.63, 3.8) is 0 Å². The van der Waals surface area contributed by atoms with Gasteiger partial charge >= 0.3 is 41.7 Å². The fourth-order valence-electron chi connectivity index (χ4n) is 3.53. The molecule has 3 aromatic carbocycles. The molecule has 0 N–H and O–H groups in total. The van der Waals surface area contributed by atoms with Crippen LogP contribution in [0.5, 0.6) is 17.2 Å². The minimum atomic E-state index is -8.50. The van der Waals surface area contributed by atoms with Crippen molar-refractivity contribution in [2.24, 2.45) is 0 Å². The predicted octanol–water partition coefficient (Wildman–Crippen LogP) is 9.46. The van der Waals surface area contributed by atoms with Crippen LogP contribution in [0.15, 0.2) is 72.8 Å². The first-order valence-corrected chi connectivity index (χ1v) is 12.6. The summed E-state index contributed by atoms with van der Waals surface area (Å²) in [5.41, 5.74) is 3.78. The number of aryl methyl sites for hydroxylation is 3. The number of alkyl halides is 15. The first-order chi connectivity index (χ1) is 21.1. The third-order valence-electron chi connectivity index (χ3n) is 6.35. The van der Waals surface area contributed by atoms with Crippen LogP contribution in [0.25, 0.3) is 0 Å². The number of carboxylic acids is 1. The van der Waals surface area contributed by atoms with E-state index < -0.39 is 47.7 Å². The highest BCUT2D eigenvalue weighted by Crippen LogP contribution is 2.62. The number of aliphatic carboxylic acids is 1. The summed E-state index contributed by atoms with van der Waals surface area (Å²) in [5.74, 6) is -50.1. The summed E-state index contributed by atoms with van der Waals surface area (Å²) >= 11 is 0. The van der Waals surface area contributed by atoms with Crippen molar-refractivity contribution in [2.45, 2.75) is 62.5 Å². The lowest BCUT2D eigenvalue weighted by Crippen LogP contribution is -2.74. The van der Waals surface area contributed by atoms with E-state index in [0.29, 0.717) is 0 Å². The van der Waals surface area contributed by atoms with Gasteiger partial charge in [0, 0.05) is 36.4 Å². The van der Waals surface area contributed by atoms with Crippen molar-refractivity contribution in [3.8, 4) is 17.2 Å². The highest BCUT2D eigenvalue weighted by atomic mass is 19.4. The largest absolute Gasteiger partial charge is 0.544 e. The predicted molar refractivity (Wildman–Crippen MR) is 134 cm³/mol. The number of benzene rings is 3. The van der Waals surface area contributed by atoms with Crippen LogP contribution in [-0.2, 0) is 4.79 Å². The molecule has 0 fully saturated rings. The average Bonchev–Trinajstić information content (AvgIpc) is 2.95. The van der Waals surface area contributed by atoms with Gasteiger partial charge < -0.3 is 14.3 Å². The van der Waals surface area contributed by atoms with Crippen molar-refractivity contribution in [2.75, 3.05) is 0 Å². The average molecular weight is 702 g/mol. The molecule has 3 nitrogen and oxygen atoms in total. The van der Waals surface area contributed by atoms with E-state index in [1.165, 1.54) is 16.7 Å². The Kier molecular flexibility index (Phi) is 10.7. The Bertz CT molecular complexity index is 1410. The molecule has 0 amide bonds. The van der Waals surface area contributed by atoms with Crippen LogP contribution in [0.2, 0.25) is 0 Å². The molecule has 260 valence electrons. The van der Waals surface area contributed by atoms with Gasteiger partial charge in [-0.05, 0) is 20.8 Å². The lowest BCUT2D eigenvalue weighted by Gasteiger charge is -2.41. The van der Waals surface area contributed by atoms with E-state index in [2.05, 4.69) is 97.9 Å². The molecule has 47 heavy (non-hydrogen) atoms. The normalized spacial score (nSPS) is 13.5. The maximum Gasteiger partial charge on any atom is 0.460 e. The topological polar surface area (TPSA) is 42.8 Å². The summed E-state index contributed by atoms with van der Waals surface area (Å²) in [5, 5.41) is 9.61. The lowest BCUT2D eigenvalue weighted by atomic mass is 9.91. The molecule has 0 radical (unpaired) electrons. The Morgan fingerprint density at radius 3 is 0.915 bits per heavy atom. The minimum absolute atomic E-state index is 1.10. The third kappa shape index (κ3) is 6.95. The summed E-state index contributed by atoms with van der Waals surface area (Å²) in [4.78, 5) is 9.61. The van der Waals surface area contributed by atoms with Gasteiger partial charge in [0.15, 0.2) is 0 Å². The number of carbonyl (C=O) groups is 1. The molecular weight excluding hydrogens is 681 g/mol. The van der Waals surface area contributed by atoms with E-state index in [0.717, 1.165) is 17.2 Å². The highest BCUT2D eigenvalue weighted by Gasteiger charge is 2.93. The molecule has 0 bridgehead atoms. The smallest absolute Gasteiger partial charge is 0.460 e. The molecule has 0 atom stereocenters. The molecule has 0 spiro atoms. The van der Waals surface area contributed by atoms with Crippen LogP contribution in [0.1, 0.15) is 16.7 Å². The molecule has 0 heterocycles. The second-order valence-electron chi connectivity index (χ2n) is 9.98. The Hall–Kier alpha value is -4.12. The lowest BCUT2D eigenvalue weighted by molar-refractivity contribution is -0.454. The highest BCUT2D eigenvalue weighted by molar-refractivity contribution is 5.75. The fraction of sp³-hybridized carbons (Fsp3) is 0.345. The third-order valence-corrected chi connectivity index (χ3v) is 6.35. The van der Waals surface area contributed by atoms with Gasteiger partial charge in [-0.15, -0.1) is 0 Å². The summed E-state index contributed by atoms with van der Waals surface area (Å²) in [6.07, 6.45) is -7.71. The molecule has 3 rings (SSSR count). The summed E-state index contributed by atoms with van der Waals surface area (Å²) in [6.45, 7) is 6.32. The minimum Gasteiger partial charge on any atom is -0.544 e. The van der Waals surface area contributed by atoms with Gasteiger partial charge in [-0.25, -0.2) is 0 Å². The number of carboxylic acid groups (broad SMARTS) is 1. The number of rotatable bonds is 9. The van der Waals surface area contributed by atoms with Crippen molar-refractivity contribution in [1.29, 1.82) is 0 Å². The zero-order chi connectivity index (χ0) is 36.6. The number of hydrogen-bond donors (Lipinski definition) is 0. The van der Waals surface area contributed by atoms with E-state index in [-0.39, 0.29) is 0 Å². The second-order valence-corrected chi connectivity index (χ2v) is 9.98. The summed E-state index contributed by atoms with van der Waals surface area (Å²) in [6, 6.07) is 25.7. The van der Waals surface area contributed by atoms with Gasteiger partial charge in [0.25, 0.3) is 17.2 Å². The first-order valence-electron chi connectivity index (χ1n) is 12.6. The number of halogens is 15. The molecule has 0 aliphatic carbocycles. The van der Waals surface area contributed by atoms with E-state index in [4.69, 9.17) is 0 Å². The van der Waals surface area contributed by atoms with Crippen molar-refractivity contribution < 1.29 is 80.1 Å². The zero-order valence-electron chi connectivity index (χ0n) is 23.8. The van der Waals surface area contributed by atoms with Crippen LogP contribution in [0.4, 0.5) is 65.9 Å². The molecule has 0 unspecified atom stereocenters. The second kappa shape index (κ2) is 12.8. The van der Waals surface area contributed by atoms with Gasteiger partial charge in [0.05, 0.1) is 0 Å². The molecule has 0 aliphatic heterocycles. The molecule has 18 heteroatoms. The molecule has 0 aromatic heterocycles. The van der Waals surface area contributed by atoms with Gasteiger partial charge in [-0.1, -0.05) is 53.1 Å². The van der Waals surface area contributed by atoms with E-state index in [1.54, 1.807) is 0 Å². The van der Waals surface area contributed by atoms with Crippen LogP contribution in [0.3, 0.4) is 0 Å². The van der Waals surface area contributed by atoms with Crippen LogP contribution >= 0.6 is 0 Å². The molecular formula is C29H21F15O3. The van der Waals surface area contributed by atoms with E-state index in [9.17, 15) is 75.8 Å². The Labute approximate surface area is 255 Å². The quantitative estimate of drug-likeness (QED) is 0.165. The van der Waals surface area contributed by atoms with Crippen LogP contribution < -0.4 is 9.47 Å². The van der Waals surface area contributed by atoms with E-state index >= 15 is 0 Å². The SMILES string of the molecule is Cc1ccc([O+](c2ccc(C)cc2)c2ccc(C)cc2)cc1.O=C([O-])C(F)(F)C(F)(F)C(F)(F)C(F)(F)C(F)(F)C(F)(F)C(F)(F)F. The van der Waals surface area contributed by atoms with Crippen LogP contribution in [-0.4, -0.2) is 47.7 Å². The Morgan fingerprint density at radius 2 is 0.681 bits per heavy atom. The molecule has 0 aliphatic rings. The van der Waals surface area contributed by atoms with Gasteiger partial charge in [0.2, 0.25) is 0 Å². The van der Waals surface area contributed by atoms with Crippen molar-refractivity contribution in [1.82, 2.24) is 0 Å². The molecule has 0 saturated carbocycles. The van der Waals surface area contributed by atoms with Crippen molar-refractivity contribution >= 4 is 5.97 Å². The maximum atomic E-state index is 12.8. The maximum absolute atomic E-state index is 12.8. The number of hydrogen-bond acceptors (Lipinski definition) is 2. The van der Waals surface area contributed by atoms with Gasteiger partial charge in [0.1, 0.15) is 5.97 Å². The first kappa shape index (κ1) is 39.1. The Morgan fingerprint density at radius 1 is 0.447 bits per heavy atom. The standard InChI is InChI=1S/C21H21O.C8HF15O2/c1-16-4-10-19(11-5-16)22(20-12-6-17(2)7-13-20)21-14-8-18(3)9-15-21;9-2(10,1(24)25)3(11,12)4(13,14)5(15,16)6(17,18)7(19,20)8(21,22)23/h4-15H,1-3H3;(H,24,25)/q+1;/p-1. The van der Waals surface area contributed by atoms with Crippen molar-refractivity contribution in [3.05, 3.63) is 89.5 Å². The monoisotopic (exact) mass is 702 g/mol.